The minimum absolute atomic E-state index is 0.156. The number of benzene rings is 1. The van der Waals surface area contributed by atoms with Crippen molar-refractivity contribution in [2.75, 3.05) is 6.54 Å². The smallest absolute Gasteiger partial charge is 0.265 e. The first-order valence-electron chi connectivity index (χ1n) is 8.16. The number of nitrogens with one attached hydrogen (secondary N) is 1. The normalized spacial score (nSPS) is 19.2. The lowest BCUT2D eigenvalue weighted by Gasteiger charge is -2.31. The molecule has 1 aromatic carbocycles. The van der Waals surface area contributed by atoms with Crippen LogP contribution in [0.4, 0.5) is 0 Å². The Morgan fingerprint density at radius 3 is 2.54 bits per heavy atom. The lowest BCUT2D eigenvalue weighted by molar-refractivity contribution is -0.133. The number of hydrogen-bond acceptors (Lipinski definition) is 4. The van der Waals surface area contributed by atoms with Gasteiger partial charge in [-0.05, 0) is 44.9 Å². The first-order chi connectivity index (χ1) is 11.5. The van der Waals surface area contributed by atoms with Gasteiger partial charge in [0.15, 0.2) is 11.5 Å². The molecule has 0 unspecified atom stereocenters. The fourth-order valence-electron chi connectivity index (χ4n) is 3.00. The Labute approximate surface area is 141 Å². The summed E-state index contributed by atoms with van der Waals surface area (Å²) in [4.78, 5) is 12.4. The van der Waals surface area contributed by atoms with Crippen LogP contribution in [0, 0.1) is 13.8 Å². The third-order valence-electron chi connectivity index (χ3n) is 4.43. The van der Waals surface area contributed by atoms with E-state index in [0.717, 1.165) is 17.8 Å². The van der Waals surface area contributed by atoms with E-state index in [9.17, 15) is 4.79 Å². The highest BCUT2D eigenvalue weighted by Gasteiger charge is 2.33. The molecule has 1 aliphatic rings. The van der Waals surface area contributed by atoms with Gasteiger partial charge in [-0.15, -0.1) is 0 Å². The molecule has 0 saturated heterocycles. The first kappa shape index (κ1) is 16.4. The van der Waals surface area contributed by atoms with Crippen LogP contribution in [0.5, 0.6) is 11.5 Å². The first-order valence-corrected chi connectivity index (χ1v) is 8.16. The number of carbonyl (C=O) groups is 1. The van der Waals surface area contributed by atoms with Gasteiger partial charge in [0, 0.05) is 19.3 Å². The fraction of sp³-hybridized carbons (Fsp3) is 0.444. The van der Waals surface area contributed by atoms with Gasteiger partial charge in [-0.1, -0.05) is 12.1 Å². The van der Waals surface area contributed by atoms with E-state index < -0.39 is 6.10 Å². The van der Waals surface area contributed by atoms with Crippen molar-refractivity contribution in [3.8, 4) is 11.5 Å². The van der Waals surface area contributed by atoms with Crippen LogP contribution < -0.4 is 14.8 Å². The Bertz CT molecular complexity index is 754. The van der Waals surface area contributed by atoms with Crippen LogP contribution in [0.25, 0.3) is 0 Å². The molecule has 1 aliphatic heterocycles. The minimum Gasteiger partial charge on any atom is -0.482 e. The van der Waals surface area contributed by atoms with E-state index in [0.29, 0.717) is 18.0 Å². The lowest BCUT2D eigenvalue weighted by atomic mass is 10.1. The summed E-state index contributed by atoms with van der Waals surface area (Å²) >= 11 is 0. The molecule has 2 heterocycles. The predicted molar refractivity (Wildman–Crippen MR) is 90.3 cm³/mol. The number of carbonyl (C=O) groups excluding carboxylic acids is 1. The van der Waals surface area contributed by atoms with Crippen molar-refractivity contribution in [1.82, 2.24) is 15.1 Å². The zero-order chi connectivity index (χ0) is 17.3. The van der Waals surface area contributed by atoms with E-state index in [-0.39, 0.29) is 12.0 Å². The van der Waals surface area contributed by atoms with Gasteiger partial charge in [0.2, 0.25) is 6.10 Å². The predicted octanol–water partition coefficient (Wildman–Crippen LogP) is 1.92. The monoisotopic (exact) mass is 329 g/mol. The number of amides is 1. The summed E-state index contributed by atoms with van der Waals surface area (Å²) in [6.07, 6.45) is -0.228. The van der Waals surface area contributed by atoms with E-state index >= 15 is 0 Å². The Morgan fingerprint density at radius 1 is 1.25 bits per heavy atom. The Morgan fingerprint density at radius 2 is 1.92 bits per heavy atom. The van der Waals surface area contributed by atoms with Gasteiger partial charge in [0.25, 0.3) is 5.91 Å². The molecule has 6 heteroatoms. The van der Waals surface area contributed by atoms with Gasteiger partial charge in [-0.3, -0.25) is 9.48 Å². The molecular weight excluding hydrogens is 306 g/mol. The summed E-state index contributed by atoms with van der Waals surface area (Å²) in [6.45, 7) is 6.41. The number of nitrogens with zero attached hydrogens (tertiary/aromatic N) is 2. The molecular formula is C18H23N3O3. The second-order valence-corrected chi connectivity index (χ2v) is 6.12. The van der Waals surface area contributed by atoms with Crippen LogP contribution >= 0.6 is 0 Å². The number of aryl methyl sites for hydroxylation is 2. The van der Waals surface area contributed by atoms with Gasteiger partial charge in [0.05, 0.1) is 5.69 Å². The Kier molecular flexibility index (Phi) is 4.46. The molecule has 1 aromatic heterocycles. The van der Waals surface area contributed by atoms with Gasteiger partial charge >= 0.3 is 0 Å². The minimum atomic E-state index is -0.643. The van der Waals surface area contributed by atoms with Crippen LogP contribution in [0.3, 0.4) is 0 Å². The zero-order valence-corrected chi connectivity index (χ0v) is 14.5. The quantitative estimate of drug-likeness (QED) is 0.931. The van der Waals surface area contributed by atoms with E-state index in [4.69, 9.17) is 9.47 Å². The Balaban J connectivity index is 1.59. The SMILES string of the molecule is Cc1nn(C)c(C)c1CCNC(=O)[C@H]1Oc2ccccc2O[C@H]1C. The van der Waals surface area contributed by atoms with E-state index in [1.165, 1.54) is 5.56 Å². The molecule has 128 valence electrons. The number of rotatable bonds is 4. The molecule has 2 aromatic rings. The van der Waals surface area contributed by atoms with Gasteiger partial charge in [-0.2, -0.15) is 5.10 Å². The summed E-state index contributed by atoms with van der Waals surface area (Å²) in [6, 6.07) is 7.40. The highest BCUT2D eigenvalue weighted by molar-refractivity contribution is 5.82. The van der Waals surface area contributed by atoms with Crippen LogP contribution in [0.15, 0.2) is 24.3 Å². The van der Waals surface area contributed by atoms with Crippen LogP contribution in [-0.4, -0.2) is 34.4 Å². The average Bonchev–Trinajstić information content (AvgIpc) is 2.80. The van der Waals surface area contributed by atoms with Crippen molar-refractivity contribution in [2.45, 2.75) is 39.4 Å². The molecule has 24 heavy (non-hydrogen) atoms. The van der Waals surface area contributed by atoms with Crippen molar-refractivity contribution in [2.24, 2.45) is 7.05 Å². The molecule has 1 amide bonds. The summed E-state index contributed by atoms with van der Waals surface area (Å²) in [5, 5.41) is 7.34. The topological polar surface area (TPSA) is 65.4 Å². The van der Waals surface area contributed by atoms with Crippen LogP contribution in [0.2, 0.25) is 0 Å². The summed E-state index contributed by atoms with van der Waals surface area (Å²) < 4.78 is 13.4. The molecule has 2 atom stereocenters. The molecule has 0 saturated carbocycles. The second-order valence-electron chi connectivity index (χ2n) is 6.12. The molecule has 0 bridgehead atoms. The summed E-state index contributed by atoms with van der Waals surface area (Å²) in [5.41, 5.74) is 3.31. The number of ether oxygens (including phenoxy) is 2. The highest BCUT2D eigenvalue weighted by Crippen LogP contribution is 2.33. The average molecular weight is 329 g/mol. The number of hydrogen-bond donors (Lipinski definition) is 1. The Hall–Kier alpha value is -2.50. The summed E-state index contributed by atoms with van der Waals surface area (Å²) in [7, 11) is 1.93. The lowest BCUT2D eigenvalue weighted by Crippen LogP contribution is -2.49. The summed E-state index contributed by atoms with van der Waals surface area (Å²) in [5.74, 6) is 1.13. The van der Waals surface area contributed by atoms with E-state index in [1.54, 1.807) is 0 Å². The third-order valence-corrected chi connectivity index (χ3v) is 4.43. The van der Waals surface area contributed by atoms with Crippen LogP contribution in [-0.2, 0) is 18.3 Å². The maximum atomic E-state index is 12.4. The van der Waals surface area contributed by atoms with E-state index in [1.807, 2.05) is 56.8 Å². The number of fused-ring (bicyclic) bond motifs is 1. The standard InChI is InChI=1S/C18H23N3O3/c1-11-14(12(2)21(4)20-11)9-10-19-18(22)17-13(3)23-15-7-5-6-8-16(15)24-17/h5-8,13,17H,9-10H2,1-4H3,(H,19,22)/t13-,17-/m0/s1. The van der Waals surface area contributed by atoms with E-state index in [2.05, 4.69) is 10.4 Å². The molecule has 6 nitrogen and oxygen atoms in total. The highest BCUT2D eigenvalue weighted by atomic mass is 16.6. The van der Waals surface area contributed by atoms with Gasteiger partial charge in [-0.25, -0.2) is 0 Å². The second kappa shape index (κ2) is 6.55. The number of para-hydroxylation sites is 2. The van der Waals surface area contributed by atoms with Crippen LogP contribution in [0.1, 0.15) is 23.9 Å². The van der Waals surface area contributed by atoms with Crippen molar-refractivity contribution in [3.63, 3.8) is 0 Å². The molecule has 0 spiro atoms. The van der Waals surface area contributed by atoms with Crippen molar-refractivity contribution >= 4 is 5.91 Å². The third kappa shape index (κ3) is 3.09. The van der Waals surface area contributed by atoms with Crippen molar-refractivity contribution < 1.29 is 14.3 Å². The zero-order valence-electron chi connectivity index (χ0n) is 14.5. The molecule has 0 fully saturated rings. The molecule has 0 aliphatic carbocycles. The molecule has 1 N–H and O–H groups in total. The largest absolute Gasteiger partial charge is 0.482 e. The maximum absolute atomic E-state index is 12.4. The number of aromatic nitrogens is 2. The molecule has 0 radical (unpaired) electrons. The van der Waals surface area contributed by atoms with Crippen molar-refractivity contribution in [1.29, 1.82) is 0 Å². The molecule has 3 rings (SSSR count). The fourth-order valence-corrected chi connectivity index (χ4v) is 3.00. The van der Waals surface area contributed by atoms with Gasteiger partial charge in [0.1, 0.15) is 6.10 Å². The van der Waals surface area contributed by atoms with Crippen molar-refractivity contribution in [3.05, 3.63) is 41.2 Å². The maximum Gasteiger partial charge on any atom is 0.265 e. The van der Waals surface area contributed by atoms with Gasteiger partial charge < -0.3 is 14.8 Å².